The van der Waals surface area contributed by atoms with Gasteiger partial charge in [0.1, 0.15) is 6.04 Å². The van der Waals surface area contributed by atoms with Gasteiger partial charge >= 0.3 is 0 Å². The van der Waals surface area contributed by atoms with Gasteiger partial charge in [-0.3, -0.25) is 9.59 Å². The number of aliphatic hydroxyl groups excluding tert-OH is 1. The maximum Gasteiger partial charge on any atom is 0.247 e. The molecule has 2 rings (SSSR count). The molecule has 0 aliphatic carbocycles. The van der Waals surface area contributed by atoms with Gasteiger partial charge in [-0.1, -0.05) is 67.6 Å². The zero-order valence-corrected chi connectivity index (χ0v) is 15.1. The van der Waals surface area contributed by atoms with Crippen LogP contribution in [0.1, 0.15) is 36.9 Å². The monoisotopic (exact) mass is 354 g/mol. The maximum absolute atomic E-state index is 12.8. The standard InChI is InChI=1S/C21H26N2O3/c1-2-9-19(25)23(16-17-10-5-3-6-11-17)20(21(26)22-14-15-24)18-12-7-4-8-13-18/h3-8,10-13,20,24H,2,9,14-16H2,1H3,(H,22,26)/t20-/m1/s1. The van der Waals surface area contributed by atoms with Gasteiger partial charge in [0.05, 0.1) is 6.61 Å². The molecule has 2 amide bonds. The highest BCUT2D eigenvalue weighted by atomic mass is 16.3. The summed E-state index contributed by atoms with van der Waals surface area (Å²) >= 11 is 0. The molecule has 0 saturated heterocycles. The molecule has 138 valence electrons. The first-order chi connectivity index (χ1) is 12.7. The summed E-state index contributed by atoms with van der Waals surface area (Å²) in [6.07, 6.45) is 1.09. The van der Waals surface area contributed by atoms with E-state index in [9.17, 15) is 9.59 Å². The molecule has 0 bridgehead atoms. The van der Waals surface area contributed by atoms with Gasteiger partial charge in [0.25, 0.3) is 0 Å². The maximum atomic E-state index is 12.8. The van der Waals surface area contributed by atoms with E-state index in [0.29, 0.717) is 19.4 Å². The zero-order valence-electron chi connectivity index (χ0n) is 15.1. The van der Waals surface area contributed by atoms with Gasteiger partial charge in [0.15, 0.2) is 0 Å². The Morgan fingerprint density at radius 2 is 1.65 bits per heavy atom. The van der Waals surface area contributed by atoms with Crippen LogP contribution in [0.25, 0.3) is 0 Å². The van der Waals surface area contributed by atoms with E-state index < -0.39 is 6.04 Å². The van der Waals surface area contributed by atoms with Gasteiger partial charge in [0.2, 0.25) is 11.8 Å². The number of amides is 2. The molecule has 0 saturated carbocycles. The van der Waals surface area contributed by atoms with E-state index in [-0.39, 0.29) is 25.0 Å². The third kappa shape index (κ3) is 5.43. The van der Waals surface area contributed by atoms with Crippen molar-refractivity contribution in [3.8, 4) is 0 Å². The van der Waals surface area contributed by atoms with E-state index in [4.69, 9.17) is 5.11 Å². The Kier molecular flexibility index (Phi) is 7.83. The number of rotatable bonds is 9. The molecule has 0 unspecified atom stereocenters. The van der Waals surface area contributed by atoms with Crippen molar-refractivity contribution >= 4 is 11.8 Å². The Morgan fingerprint density at radius 1 is 1.04 bits per heavy atom. The van der Waals surface area contributed by atoms with Crippen molar-refractivity contribution in [1.82, 2.24) is 10.2 Å². The Bertz CT molecular complexity index is 689. The highest BCUT2D eigenvalue weighted by Gasteiger charge is 2.30. The zero-order chi connectivity index (χ0) is 18.8. The molecule has 0 spiro atoms. The Balaban J connectivity index is 2.38. The molecule has 0 fully saturated rings. The molecule has 0 aliphatic heterocycles. The fourth-order valence-corrected chi connectivity index (χ4v) is 2.85. The number of hydrogen-bond donors (Lipinski definition) is 2. The average Bonchev–Trinajstić information content (AvgIpc) is 2.67. The van der Waals surface area contributed by atoms with Crippen LogP contribution in [0.3, 0.4) is 0 Å². The van der Waals surface area contributed by atoms with E-state index >= 15 is 0 Å². The van der Waals surface area contributed by atoms with E-state index in [0.717, 1.165) is 11.1 Å². The normalized spacial score (nSPS) is 11.6. The molecular weight excluding hydrogens is 328 g/mol. The summed E-state index contributed by atoms with van der Waals surface area (Å²) in [5, 5.41) is 11.8. The smallest absolute Gasteiger partial charge is 0.247 e. The molecule has 0 aromatic heterocycles. The number of nitrogens with zero attached hydrogens (tertiary/aromatic N) is 1. The second kappa shape index (κ2) is 10.4. The first kappa shape index (κ1) is 19.7. The second-order valence-electron chi connectivity index (χ2n) is 6.09. The van der Waals surface area contributed by atoms with Crippen LogP contribution in [0.15, 0.2) is 60.7 Å². The highest BCUT2D eigenvalue weighted by Crippen LogP contribution is 2.24. The van der Waals surface area contributed by atoms with Gasteiger partial charge in [-0.15, -0.1) is 0 Å². The molecular formula is C21H26N2O3. The van der Waals surface area contributed by atoms with Gasteiger partial charge in [-0.05, 0) is 17.5 Å². The van der Waals surface area contributed by atoms with Crippen molar-refractivity contribution in [3.05, 3.63) is 71.8 Å². The first-order valence-electron chi connectivity index (χ1n) is 8.94. The fraction of sp³-hybridized carbons (Fsp3) is 0.333. The molecule has 0 aliphatic rings. The van der Waals surface area contributed by atoms with Crippen LogP contribution in [0.4, 0.5) is 0 Å². The summed E-state index contributed by atoms with van der Waals surface area (Å²) in [5.41, 5.74) is 1.72. The summed E-state index contributed by atoms with van der Waals surface area (Å²) in [6, 6.07) is 18.2. The van der Waals surface area contributed by atoms with Crippen LogP contribution < -0.4 is 5.32 Å². The van der Waals surface area contributed by atoms with Gasteiger partial charge in [-0.25, -0.2) is 0 Å². The Labute approximate surface area is 154 Å². The number of hydrogen-bond acceptors (Lipinski definition) is 3. The lowest BCUT2D eigenvalue weighted by molar-refractivity contribution is -0.141. The minimum Gasteiger partial charge on any atom is -0.395 e. The van der Waals surface area contributed by atoms with Crippen LogP contribution in [0.5, 0.6) is 0 Å². The predicted octanol–water partition coefficient (Wildman–Crippen LogP) is 2.67. The Morgan fingerprint density at radius 3 is 2.23 bits per heavy atom. The van der Waals surface area contributed by atoms with Crippen molar-refractivity contribution in [1.29, 1.82) is 0 Å². The number of carbonyl (C=O) groups is 2. The molecule has 5 heteroatoms. The molecule has 2 aromatic carbocycles. The van der Waals surface area contributed by atoms with E-state index in [2.05, 4.69) is 5.32 Å². The third-order valence-corrected chi connectivity index (χ3v) is 4.07. The number of carbonyl (C=O) groups excluding carboxylic acids is 2. The quantitative estimate of drug-likeness (QED) is 0.727. The summed E-state index contributed by atoms with van der Waals surface area (Å²) in [7, 11) is 0. The molecule has 0 radical (unpaired) electrons. The predicted molar refractivity (Wildman–Crippen MR) is 101 cm³/mol. The molecule has 1 atom stereocenters. The van der Waals surface area contributed by atoms with Gasteiger partial charge in [-0.2, -0.15) is 0 Å². The van der Waals surface area contributed by atoms with Crippen molar-refractivity contribution in [2.75, 3.05) is 13.2 Å². The molecule has 2 N–H and O–H groups in total. The van der Waals surface area contributed by atoms with Crippen LogP contribution in [0, 0.1) is 0 Å². The lowest BCUT2D eigenvalue weighted by Crippen LogP contribution is -2.44. The lowest BCUT2D eigenvalue weighted by Gasteiger charge is -2.31. The van der Waals surface area contributed by atoms with Crippen molar-refractivity contribution in [2.45, 2.75) is 32.4 Å². The highest BCUT2D eigenvalue weighted by molar-refractivity contribution is 5.88. The second-order valence-corrected chi connectivity index (χ2v) is 6.09. The lowest BCUT2D eigenvalue weighted by atomic mass is 10.0. The van der Waals surface area contributed by atoms with Crippen molar-refractivity contribution in [3.63, 3.8) is 0 Å². The van der Waals surface area contributed by atoms with E-state index in [1.807, 2.05) is 67.6 Å². The summed E-state index contributed by atoms with van der Waals surface area (Å²) in [5.74, 6) is -0.352. The summed E-state index contributed by atoms with van der Waals surface area (Å²) in [4.78, 5) is 27.3. The minimum absolute atomic E-state index is 0.0654. The molecule has 2 aromatic rings. The third-order valence-electron chi connectivity index (χ3n) is 4.07. The minimum atomic E-state index is -0.734. The van der Waals surface area contributed by atoms with E-state index in [1.54, 1.807) is 4.90 Å². The van der Waals surface area contributed by atoms with Crippen LogP contribution >= 0.6 is 0 Å². The van der Waals surface area contributed by atoms with E-state index in [1.165, 1.54) is 0 Å². The summed E-state index contributed by atoms with van der Waals surface area (Å²) in [6.45, 7) is 2.31. The van der Waals surface area contributed by atoms with Gasteiger partial charge < -0.3 is 15.3 Å². The molecule has 5 nitrogen and oxygen atoms in total. The van der Waals surface area contributed by atoms with Crippen molar-refractivity contribution in [2.24, 2.45) is 0 Å². The average molecular weight is 354 g/mol. The number of aliphatic hydroxyl groups is 1. The largest absolute Gasteiger partial charge is 0.395 e. The topological polar surface area (TPSA) is 69.6 Å². The Hall–Kier alpha value is -2.66. The van der Waals surface area contributed by atoms with Crippen LogP contribution in [0.2, 0.25) is 0 Å². The summed E-state index contributed by atoms with van der Waals surface area (Å²) < 4.78 is 0. The first-order valence-corrected chi connectivity index (χ1v) is 8.94. The fourth-order valence-electron chi connectivity index (χ4n) is 2.85. The molecule has 0 heterocycles. The SMILES string of the molecule is CCCC(=O)N(Cc1ccccc1)[C@@H](C(=O)NCCO)c1ccccc1. The molecule has 26 heavy (non-hydrogen) atoms. The van der Waals surface area contributed by atoms with Crippen LogP contribution in [-0.2, 0) is 16.1 Å². The van der Waals surface area contributed by atoms with Crippen LogP contribution in [-0.4, -0.2) is 35.0 Å². The van der Waals surface area contributed by atoms with Crippen molar-refractivity contribution < 1.29 is 14.7 Å². The number of benzene rings is 2. The number of nitrogens with one attached hydrogen (secondary N) is 1. The van der Waals surface area contributed by atoms with Gasteiger partial charge in [0, 0.05) is 19.5 Å².